The summed E-state index contributed by atoms with van der Waals surface area (Å²) < 4.78 is 0.670. The van der Waals surface area contributed by atoms with E-state index in [-0.39, 0.29) is 16.0 Å². The Morgan fingerprint density at radius 2 is 1.87 bits per heavy atom. The maximum absolute atomic E-state index is 10.2. The fourth-order valence-electron chi connectivity index (χ4n) is 3.34. The van der Waals surface area contributed by atoms with Gasteiger partial charge in [0.1, 0.15) is 21.8 Å². The summed E-state index contributed by atoms with van der Waals surface area (Å²) in [6.45, 7) is 0. The van der Waals surface area contributed by atoms with Crippen LogP contribution in [-0.2, 0) is 0 Å². The predicted octanol–water partition coefficient (Wildman–Crippen LogP) is 6.40. The largest absolute Gasteiger partial charge is 0.506 e. The number of phenols is 2. The Kier molecular flexibility index (Phi) is 4.60. The molecule has 30 heavy (non-hydrogen) atoms. The number of benzene rings is 3. The molecule has 0 unspecified atom stereocenters. The van der Waals surface area contributed by atoms with Crippen molar-refractivity contribution >= 4 is 65.7 Å². The summed E-state index contributed by atoms with van der Waals surface area (Å²) in [6.07, 6.45) is 3.46. The number of aromatic amines is 2. The normalized spacial score (nSPS) is 11.8. The van der Waals surface area contributed by atoms with Gasteiger partial charge in [-0.3, -0.25) is 4.99 Å². The van der Waals surface area contributed by atoms with Gasteiger partial charge in [-0.15, -0.1) is 0 Å². The highest BCUT2D eigenvalue weighted by atomic mass is 79.9. The van der Waals surface area contributed by atoms with Crippen LogP contribution in [0.15, 0.2) is 68.7 Å². The maximum Gasteiger partial charge on any atom is 0.147 e. The molecule has 8 heteroatoms. The van der Waals surface area contributed by atoms with E-state index in [1.54, 1.807) is 12.3 Å². The van der Waals surface area contributed by atoms with Crippen molar-refractivity contribution in [3.05, 3.63) is 69.2 Å². The summed E-state index contributed by atoms with van der Waals surface area (Å²) in [4.78, 5) is 15.8. The first-order chi connectivity index (χ1) is 14.5. The van der Waals surface area contributed by atoms with Crippen LogP contribution in [0.2, 0.25) is 0 Å². The Bertz CT molecular complexity index is 1450. The van der Waals surface area contributed by atoms with E-state index in [9.17, 15) is 10.2 Å². The first-order valence-electron chi connectivity index (χ1n) is 9.01. The number of aliphatic imine (C=N–C) groups is 1. The molecule has 0 amide bonds. The molecule has 0 radical (unpaired) electrons. The molecule has 148 valence electrons. The van der Waals surface area contributed by atoms with E-state index >= 15 is 0 Å². The van der Waals surface area contributed by atoms with Gasteiger partial charge in [-0.25, -0.2) is 4.98 Å². The van der Waals surface area contributed by atoms with Crippen molar-refractivity contribution in [3.8, 4) is 22.9 Å². The van der Waals surface area contributed by atoms with Gasteiger partial charge in [-0.2, -0.15) is 0 Å². The highest BCUT2D eigenvalue weighted by Crippen LogP contribution is 2.40. The highest BCUT2D eigenvalue weighted by Gasteiger charge is 2.13. The van der Waals surface area contributed by atoms with Gasteiger partial charge in [0.05, 0.1) is 26.7 Å². The van der Waals surface area contributed by atoms with Crippen LogP contribution in [0.25, 0.3) is 33.3 Å². The minimum atomic E-state index is -0.0818. The van der Waals surface area contributed by atoms with Crippen LogP contribution in [0, 0.1) is 0 Å². The molecule has 0 fully saturated rings. The smallest absolute Gasteiger partial charge is 0.147 e. The number of halogens is 2. The molecule has 3 aromatic carbocycles. The molecule has 0 saturated heterocycles. The van der Waals surface area contributed by atoms with Gasteiger partial charge in [-0.05, 0) is 68.3 Å². The SMILES string of the molecule is Oc1c(Br)cc(/C=N/c2ccc3[nH]c(-c4cccc5cc[nH]c45)nc3c2)c(O)c1Br. The van der Waals surface area contributed by atoms with Crippen molar-refractivity contribution in [3.63, 3.8) is 0 Å². The minimum Gasteiger partial charge on any atom is -0.506 e. The molecular formula is C22H14Br2N4O2. The van der Waals surface area contributed by atoms with Crippen molar-refractivity contribution in [2.24, 2.45) is 4.99 Å². The van der Waals surface area contributed by atoms with E-state index in [1.165, 1.54) is 0 Å². The second kappa shape index (κ2) is 7.30. The van der Waals surface area contributed by atoms with E-state index in [2.05, 4.69) is 52.9 Å². The summed E-state index contributed by atoms with van der Waals surface area (Å²) in [5.74, 6) is 0.636. The molecule has 2 heterocycles. The second-order valence-corrected chi connectivity index (χ2v) is 8.40. The Hall–Kier alpha value is -3.10. The molecule has 0 aliphatic rings. The van der Waals surface area contributed by atoms with E-state index in [0.717, 1.165) is 33.3 Å². The summed E-state index contributed by atoms with van der Waals surface area (Å²) in [5, 5.41) is 21.2. The van der Waals surface area contributed by atoms with E-state index in [1.807, 2.05) is 42.6 Å². The van der Waals surface area contributed by atoms with Gasteiger partial charge in [-0.1, -0.05) is 12.1 Å². The maximum atomic E-state index is 10.2. The first-order valence-corrected chi connectivity index (χ1v) is 10.6. The number of H-pyrrole nitrogens is 2. The lowest BCUT2D eigenvalue weighted by Gasteiger charge is -2.06. The number of nitrogens with zero attached hydrogens (tertiary/aromatic N) is 2. The fraction of sp³-hybridized carbons (Fsp3) is 0. The van der Waals surface area contributed by atoms with Crippen LogP contribution in [0.5, 0.6) is 11.5 Å². The van der Waals surface area contributed by atoms with Crippen molar-refractivity contribution in [1.29, 1.82) is 0 Å². The molecule has 0 aliphatic carbocycles. The molecule has 0 atom stereocenters. The van der Waals surface area contributed by atoms with Crippen molar-refractivity contribution in [2.45, 2.75) is 0 Å². The van der Waals surface area contributed by atoms with Crippen LogP contribution < -0.4 is 0 Å². The Morgan fingerprint density at radius 3 is 2.73 bits per heavy atom. The zero-order valence-corrected chi connectivity index (χ0v) is 18.5. The van der Waals surface area contributed by atoms with Crippen LogP contribution in [0.1, 0.15) is 5.56 Å². The Morgan fingerprint density at radius 1 is 1.00 bits per heavy atom. The topological polar surface area (TPSA) is 97.3 Å². The van der Waals surface area contributed by atoms with Crippen LogP contribution >= 0.6 is 31.9 Å². The highest BCUT2D eigenvalue weighted by molar-refractivity contribution is 9.11. The fourth-order valence-corrected chi connectivity index (χ4v) is 4.50. The number of fused-ring (bicyclic) bond motifs is 2. The van der Waals surface area contributed by atoms with Crippen molar-refractivity contribution in [1.82, 2.24) is 15.0 Å². The van der Waals surface area contributed by atoms with Gasteiger partial charge in [0.25, 0.3) is 0 Å². The van der Waals surface area contributed by atoms with Crippen LogP contribution in [-0.4, -0.2) is 31.4 Å². The molecule has 0 bridgehead atoms. The number of rotatable bonds is 3. The van der Waals surface area contributed by atoms with E-state index in [0.29, 0.717) is 15.7 Å². The molecule has 5 aromatic rings. The molecule has 6 nitrogen and oxygen atoms in total. The number of nitrogens with one attached hydrogen (secondary N) is 2. The number of hydrogen-bond donors (Lipinski definition) is 4. The van der Waals surface area contributed by atoms with Gasteiger partial charge >= 0.3 is 0 Å². The van der Waals surface area contributed by atoms with E-state index < -0.39 is 0 Å². The lowest BCUT2D eigenvalue weighted by Crippen LogP contribution is -1.85. The standard InChI is InChI=1S/C22H14Br2N4O2/c23-15-8-12(20(29)18(24)21(15)30)10-26-13-4-5-16-17(9-13)28-22(27-16)14-3-1-2-11-6-7-25-19(11)14/h1-10,25,29-30H,(H,27,28)/b26-10+. The number of hydrogen-bond acceptors (Lipinski definition) is 4. The van der Waals surface area contributed by atoms with Crippen LogP contribution in [0.4, 0.5) is 5.69 Å². The minimum absolute atomic E-state index is 0.0628. The Labute approximate surface area is 187 Å². The van der Waals surface area contributed by atoms with Crippen molar-refractivity contribution < 1.29 is 10.2 Å². The number of phenolic OH excluding ortho intramolecular Hbond substituents is 2. The molecular weight excluding hydrogens is 512 g/mol. The monoisotopic (exact) mass is 524 g/mol. The summed E-state index contributed by atoms with van der Waals surface area (Å²) in [5.41, 5.74) is 4.90. The third-order valence-corrected chi connectivity index (χ3v) is 6.22. The molecule has 2 aromatic heterocycles. The number of imidazole rings is 1. The average Bonchev–Trinajstić information content (AvgIpc) is 3.40. The Balaban J connectivity index is 1.52. The number of para-hydroxylation sites is 1. The average molecular weight is 526 g/mol. The summed E-state index contributed by atoms with van der Waals surface area (Å²) in [7, 11) is 0. The van der Waals surface area contributed by atoms with Gasteiger partial charge in [0.2, 0.25) is 0 Å². The number of aromatic hydroxyl groups is 2. The van der Waals surface area contributed by atoms with Crippen molar-refractivity contribution in [2.75, 3.05) is 0 Å². The van der Waals surface area contributed by atoms with Gasteiger partial charge < -0.3 is 20.2 Å². The van der Waals surface area contributed by atoms with Gasteiger partial charge in [0, 0.05) is 28.9 Å². The molecule has 5 rings (SSSR count). The molecule has 0 spiro atoms. The lowest BCUT2D eigenvalue weighted by atomic mass is 10.1. The van der Waals surface area contributed by atoms with Crippen LogP contribution in [0.3, 0.4) is 0 Å². The first kappa shape index (κ1) is 18.9. The third-order valence-electron chi connectivity index (χ3n) is 4.86. The summed E-state index contributed by atoms with van der Waals surface area (Å²) >= 11 is 6.43. The summed E-state index contributed by atoms with van der Waals surface area (Å²) in [6, 6.07) is 15.4. The van der Waals surface area contributed by atoms with Gasteiger partial charge in [0.15, 0.2) is 0 Å². The molecule has 4 N–H and O–H groups in total. The molecule has 0 aliphatic heterocycles. The lowest BCUT2D eigenvalue weighted by molar-refractivity contribution is 0.442. The molecule has 0 saturated carbocycles. The third kappa shape index (κ3) is 3.18. The number of aromatic nitrogens is 3. The zero-order valence-electron chi connectivity index (χ0n) is 15.3. The predicted molar refractivity (Wildman–Crippen MR) is 126 cm³/mol. The van der Waals surface area contributed by atoms with E-state index in [4.69, 9.17) is 4.98 Å². The second-order valence-electron chi connectivity index (χ2n) is 6.75. The quantitative estimate of drug-likeness (QED) is 0.205. The zero-order chi connectivity index (χ0) is 20.8.